The Kier molecular flexibility index (Phi) is 4.74. The molecule has 2 aliphatic rings. The molecule has 0 unspecified atom stereocenters. The molecule has 5 nitrogen and oxygen atoms in total. The fourth-order valence-corrected chi connectivity index (χ4v) is 3.92. The molecule has 0 bridgehead atoms. The lowest BCUT2D eigenvalue weighted by Gasteiger charge is -2.23. The van der Waals surface area contributed by atoms with Crippen LogP contribution in [0.25, 0.3) is 0 Å². The minimum Gasteiger partial charge on any atom is -0.493 e. The first kappa shape index (κ1) is 19.0. The van der Waals surface area contributed by atoms with Crippen molar-refractivity contribution >= 4 is 17.6 Å². The van der Waals surface area contributed by atoms with Crippen molar-refractivity contribution in [2.24, 2.45) is 4.99 Å². The lowest BCUT2D eigenvalue weighted by Crippen LogP contribution is -2.22. The normalized spacial score (nSPS) is 20.1. The molecule has 2 heterocycles. The highest BCUT2D eigenvalue weighted by atomic mass is 16.6. The molecule has 29 heavy (non-hydrogen) atoms. The van der Waals surface area contributed by atoms with Crippen LogP contribution in [0, 0.1) is 0 Å². The van der Waals surface area contributed by atoms with Gasteiger partial charge in [0.15, 0.2) is 5.70 Å². The summed E-state index contributed by atoms with van der Waals surface area (Å²) in [6, 6.07) is 15.8. The number of fused-ring (bicyclic) bond motifs is 1. The minimum absolute atomic E-state index is 0.168. The Morgan fingerprint density at radius 1 is 1.10 bits per heavy atom. The van der Waals surface area contributed by atoms with Gasteiger partial charge in [0, 0.05) is 23.8 Å². The number of esters is 1. The number of ether oxygens (including phenoxy) is 2. The summed E-state index contributed by atoms with van der Waals surface area (Å²) >= 11 is 0. The van der Waals surface area contributed by atoms with E-state index < -0.39 is 5.97 Å². The van der Waals surface area contributed by atoms with Crippen LogP contribution in [0.5, 0.6) is 5.75 Å². The quantitative estimate of drug-likeness (QED) is 0.568. The van der Waals surface area contributed by atoms with Gasteiger partial charge in [0.05, 0.1) is 12.2 Å². The molecule has 0 fully saturated rings. The Hall–Kier alpha value is -3.34. The van der Waals surface area contributed by atoms with Crippen LogP contribution < -0.4 is 9.64 Å². The second-order valence-corrected chi connectivity index (χ2v) is 7.54. The van der Waals surface area contributed by atoms with Gasteiger partial charge in [-0.25, -0.2) is 9.79 Å². The first-order valence-electron chi connectivity index (χ1n) is 9.72. The number of carbonyl (C=O) groups excluding carboxylic acids is 1. The zero-order valence-electron chi connectivity index (χ0n) is 17.1. The Bertz CT molecular complexity index is 1060. The van der Waals surface area contributed by atoms with Crippen molar-refractivity contribution in [2.45, 2.75) is 26.2 Å². The molecule has 4 rings (SSSR count). The number of anilines is 1. The third kappa shape index (κ3) is 3.23. The molecule has 0 aromatic heterocycles. The number of aliphatic imine (C=N–C) groups is 1. The smallest absolute Gasteiger partial charge is 0.363 e. The van der Waals surface area contributed by atoms with E-state index in [2.05, 4.69) is 41.9 Å². The highest BCUT2D eigenvalue weighted by Gasteiger charge is 2.38. The Morgan fingerprint density at radius 2 is 1.83 bits per heavy atom. The lowest BCUT2D eigenvalue weighted by molar-refractivity contribution is -0.130. The van der Waals surface area contributed by atoms with E-state index in [0.29, 0.717) is 17.9 Å². The number of hydrogen-bond donors (Lipinski definition) is 0. The highest BCUT2D eigenvalue weighted by Crippen LogP contribution is 2.46. The van der Waals surface area contributed by atoms with E-state index in [9.17, 15) is 4.79 Å². The van der Waals surface area contributed by atoms with Crippen molar-refractivity contribution in [2.75, 3.05) is 18.6 Å². The first-order chi connectivity index (χ1) is 13.9. The number of allylic oxidation sites excluding steroid dienone is 3. The standard InChI is InChI=1S/C24H24N2O3/c1-5-28-20-13-9-6-10-16(20)22-25-18(23(27)29-22)14-15-21-24(2,3)17-11-7-8-12-19(17)26(21)4/h6-15H,5H2,1-4H3/b18-14-,21-15+. The molecule has 0 amide bonds. The molecule has 2 aromatic rings. The van der Waals surface area contributed by atoms with Gasteiger partial charge < -0.3 is 14.4 Å². The maximum absolute atomic E-state index is 12.4. The van der Waals surface area contributed by atoms with E-state index in [0.717, 1.165) is 5.70 Å². The minimum atomic E-state index is -0.459. The van der Waals surface area contributed by atoms with Gasteiger partial charge in [-0.2, -0.15) is 0 Å². The summed E-state index contributed by atoms with van der Waals surface area (Å²) in [6.45, 7) is 6.79. The molecule has 2 aliphatic heterocycles. The molecule has 0 saturated heterocycles. The van der Waals surface area contributed by atoms with E-state index in [1.165, 1.54) is 11.3 Å². The number of benzene rings is 2. The molecule has 0 N–H and O–H groups in total. The van der Waals surface area contributed by atoms with Crippen molar-refractivity contribution < 1.29 is 14.3 Å². The van der Waals surface area contributed by atoms with E-state index in [1.807, 2.05) is 50.4 Å². The fraction of sp³-hybridized carbons (Fsp3) is 0.250. The number of carbonyl (C=O) groups is 1. The molecule has 5 heteroatoms. The van der Waals surface area contributed by atoms with Crippen LogP contribution in [-0.2, 0) is 14.9 Å². The van der Waals surface area contributed by atoms with Crippen LogP contribution in [0.3, 0.4) is 0 Å². The van der Waals surface area contributed by atoms with E-state index >= 15 is 0 Å². The first-order valence-corrected chi connectivity index (χ1v) is 9.72. The molecule has 0 spiro atoms. The molecular formula is C24H24N2O3. The second kappa shape index (κ2) is 7.24. The van der Waals surface area contributed by atoms with Crippen molar-refractivity contribution in [3.8, 4) is 5.75 Å². The molecule has 0 aliphatic carbocycles. The van der Waals surface area contributed by atoms with Gasteiger partial charge in [0.1, 0.15) is 5.75 Å². The molecule has 148 valence electrons. The predicted molar refractivity (Wildman–Crippen MR) is 114 cm³/mol. The summed E-state index contributed by atoms with van der Waals surface area (Å²) in [5.41, 5.74) is 4.31. The van der Waals surface area contributed by atoms with Gasteiger partial charge in [0.25, 0.3) is 0 Å². The maximum Gasteiger partial charge on any atom is 0.363 e. The van der Waals surface area contributed by atoms with Crippen LogP contribution in [-0.4, -0.2) is 25.5 Å². The number of likely N-dealkylation sites (N-methyl/N-ethyl adjacent to an activating group) is 1. The summed E-state index contributed by atoms with van der Waals surface area (Å²) in [6.07, 6.45) is 3.69. The maximum atomic E-state index is 12.4. The number of nitrogens with zero attached hydrogens (tertiary/aromatic N) is 2. The van der Waals surface area contributed by atoms with Gasteiger partial charge in [-0.3, -0.25) is 0 Å². The lowest BCUT2D eigenvalue weighted by atomic mass is 9.84. The molecule has 0 saturated carbocycles. The average molecular weight is 388 g/mol. The van der Waals surface area contributed by atoms with Gasteiger partial charge in [0.2, 0.25) is 5.90 Å². The SMILES string of the molecule is CCOc1ccccc1C1=N/C(=C\C=C2\N(C)c3ccccc3C2(C)C)C(=O)O1. The van der Waals surface area contributed by atoms with Crippen LogP contribution in [0.1, 0.15) is 31.9 Å². The van der Waals surface area contributed by atoms with Crippen LogP contribution in [0.4, 0.5) is 5.69 Å². The average Bonchev–Trinajstić information content (AvgIpc) is 3.17. The third-order valence-corrected chi connectivity index (χ3v) is 5.38. The Balaban J connectivity index is 1.69. The largest absolute Gasteiger partial charge is 0.493 e. The van der Waals surface area contributed by atoms with Crippen molar-refractivity contribution in [3.05, 3.63) is 83.2 Å². The summed E-state index contributed by atoms with van der Waals surface area (Å²) in [5, 5.41) is 0. The third-order valence-electron chi connectivity index (χ3n) is 5.38. The number of para-hydroxylation sites is 2. The molecule has 0 atom stereocenters. The van der Waals surface area contributed by atoms with Gasteiger partial charge in [-0.15, -0.1) is 0 Å². The van der Waals surface area contributed by atoms with Crippen molar-refractivity contribution in [1.29, 1.82) is 0 Å². The zero-order chi connectivity index (χ0) is 20.6. The predicted octanol–water partition coefficient (Wildman–Crippen LogP) is 4.58. The number of cyclic esters (lactones) is 1. The molecule has 2 aromatic carbocycles. The Morgan fingerprint density at radius 3 is 2.59 bits per heavy atom. The topological polar surface area (TPSA) is 51.1 Å². The second-order valence-electron chi connectivity index (χ2n) is 7.54. The van der Waals surface area contributed by atoms with Crippen molar-refractivity contribution in [3.63, 3.8) is 0 Å². The monoisotopic (exact) mass is 388 g/mol. The van der Waals surface area contributed by atoms with E-state index in [4.69, 9.17) is 9.47 Å². The summed E-state index contributed by atoms with van der Waals surface area (Å²) in [4.78, 5) is 19.0. The fourth-order valence-electron chi connectivity index (χ4n) is 3.92. The number of hydrogen-bond acceptors (Lipinski definition) is 5. The molecular weight excluding hydrogens is 364 g/mol. The highest BCUT2D eigenvalue weighted by molar-refractivity contribution is 6.12. The number of rotatable bonds is 4. The summed E-state index contributed by atoms with van der Waals surface area (Å²) < 4.78 is 11.1. The molecule has 0 radical (unpaired) electrons. The van der Waals surface area contributed by atoms with Gasteiger partial charge >= 0.3 is 5.97 Å². The summed E-state index contributed by atoms with van der Waals surface area (Å²) in [5.74, 6) is 0.457. The summed E-state index contributed by atoms with van der Waals surface area (Å²) in [7, 11) is 2.04. The zero-order valence-corrected chi connectivity index (χ0v) is 17.1. The van der Waals surface area contributed by atoms with Crippen LogP contribution in [0.2, 0.25) is 0 Å². The Labute approximate surface area is 171 Å². The van der Waals surface area contributed by atoms with E-state index in [-0.39, 0.29) is 17.0 Å². The van der Waals surface area contributed by atoms with Gasteiger partial charge in [-0.1, -0.05) is 44.2 Å². The van der Waals surface area contributed by atoms with Crippen molar-refractivity contribution in [1.82, 2.24) is 0 Å². The van der Waals surface area contributed by atoms with E-state index in [1.54, 1.807) is 6.08 Å². The van der Waals surface area contributed by atoms with Crippen LogP contribution >= 0.6 is 0 Å². The van der Waals surface area contributed by atoms with Gasteiger partial charge in [-0.05, 0) is 42.8 Å². The van der Waals surface area contributed by atoms with Crippen LogP contribution in [0.15, 0.2) is 77.1 Å².